The maximum Gasteiger partial charge on any atom is 0.317 e. The molecule has 0 radical (unpaired) electrons. The number of aryl methyl sites for hydroxylation is 1. The molecule has 0 aromatic heterocycles. The van der Waals surface area contributed by atoms with E-state index < -0.39 is 28.0 Å². The van der Waals surface area contributed by atoms with Crippen molar-refractivity contribution in [2.24, 2.45) is 5.14 Å². The molecule has 0 aliphatic heterocycles. The topological polar surface area (TPSA) is 116 Å². The number of hydrogen-bond acceptors (Lipinski definition) is 6. The van der Waals surface area contributed by atoms with Gasteiger partial charge in [-0.15, -0.1) is 11.8 Å². The van der Waals surface area contributed by atoms with E-state index >= 15 is 0 Å². The average Bonchev–Trinajstić information content (AvgIpc) is 2.60. The van der Waals surface area contributed by atoms with Crippen LogP contribution in [0.15, 0.2) is 58.3 Å². The van der Waals surface area contributed by atoms with E-state index in [1.54, 1.807) is 0 Å². The molecule has 0 aliphatic carbocycles. The third kappa shape index (κ3) is 6.38. The summed E-state index contributed by atoms with van der Waals surface area (Å²) in [6.45, 7) is 3.38. The van der Waals surface area contributed by atoms with Gasteiger partial charge in [-0.05, 0) is 43.7 Å². The number of nitrogens with two attached hydrogens (primary N) is 1. The Hall–Kier alpha value is -2.36. The van der Waals surface area contributed by atoms with E-state index in [4.69, 9.17) is 9.88 Å². The average molecular weight is 409 g/mol. The fraction of sp³-hybridized carbons (Fsp3) is 0.222. The zero-order chi connectivity index (χ0) is 20.0. The molecule has 0 aliphatic rings. The molecule has 0 unspecified atom stereocenters. The van der Waals surface area contributed by atoms with E-state index in [2.05, 4.69) is 5.32 Å². The van der Waals surface area contributed by atoms with Crippen molar-refractivity contribution in [3.63, 3.8) is 0 Å². The third-order valence-corrected chi connectivity index (χ3v) is 5.61. The summed E-state index contributed by atoms with van der Waals surface area (Å²) in [4.78, 5) is 25.0. The van der Waals surface area contributed by atoms with E-state index in [-0.39, 0.29) is 16.3 Å². The first-order valence-electron chi connectivity index (χ1n) is 7.98. The normalized spacial score (nSPS) is 12.3. The molecule has 2 aromatic carbocycles. The van der Waals surface area contributed by atoms with Crippen LogP contribution in [-0.2, 0) is 24.3 Å². The van der Waals surface area contributed by atoms with Gasteiger partial charge in [-0.2, -0.15) is 0 Å². The van der Waals surface area contributed by atoms with Crippen LogP contribution in [0.5, 0.6) is 0 Å². The van der Waals surface area contributed by atoms with Crippen molar-refractivity contribution in [3.05, 3.63) is 54.1 Å². The predicted molar refractivity (Wildman–Crippen MR) is 104 cm³/mol. The van der Waals surface area contributed by atoms with Crippen molar-refractivity contribution in [3.8, 4) is 0 Å². The Bertz CT molecular complexity index is 944. The summed E-state index contributed by atoms with van der Waals surface area (Å²) in [6.07, 6.45) is -1.03. The minimum Gasteiger partial charge on any atom is -0.452 e. The van der Waals surface area contributed by atoms with Gasteiger partial charge in [-0.25, -0.2) is 13.6 Å². The van der Waals surface area contributed by atoms with Crippen LogP contribution in [0, 0.1) is 6.92 Å². The zero-order valence-electron chi connectivity index (χ0n) is 14.8. The molecule has 0 saturated heterocycles. The largest absolute Gasteiger partial charge is 0.452 e. The Labute approximate surface area is 162 Å². The summed E-state index contributed by atoms with van der Waals surface area (Å²) in [7, 11) is -3.88. The third-order valence-electron chi connectivity index (χ3n) is 3.55. The first kappa shape index (κ1) is 20.9. The second-order valence-corrected chi connectivity index (χ2v) is 8.33. The molecule has 144 valence electrons. The van der Waals surface area contributed by atoms with Crippen LogP contribution in [0.3, 0.4) is 0 Å². The Balaban J connectivity index is 1.90. The first-order valence-corrected chi connectivity index (χ1v) is 10.5. The number of carbonyl (C=O) groups is 2. The number of rotatable bonds is 7. The number of anilines is 1. The minimum absolute atomic E-state index is 0.0728. The number of thioether (sulfide) groups is 1. The number of sulfonamides is 1. The second-order valence-electron chi connectivity index (χ2n) is 5.75. The zero-order valence-corrected chi connectivity index (χ0v) is 16.5. The molecule has 9 heteroatoms. The highest BCUT2D eigenvalue weighted by Crippen LogP contribution is 2.22. The minimum atomic E-state index is -3.88. The van der Waals surface area contributed by atoms with Gasteiger partial charge in [0.2, 0.25) is 10.0 Å². The molecule has 0 fully saturated rings. The summed E-state index contributed by atoms with van der Waals surface area (Å²) in [5.41, 5.74) is 1.29. The molecule has 3 N–H and O–H groups in total. The highest BCUT2D eigenvalue weighted by Gasteiger charge is 2.19. The van der Waals surface area contributed by atoms with Crippen molar-refractivity contribution in [1.29, 1.82) is 0 Å². The number of esters is 1. The Kier molecular flexibility index (Phi) is 7.00. The van der Waals surface area contributed by atoms with Gasteiger partial charge in [0.1, 0.15) is 0 Å². The van der Waals surface area contributed by atoms with Gasteiger partial charge in [0.15, 0.2) is 6.10 Å². The summed E-state index contributed by atoms with van der Waals surface area (Å²) < 4.78 is 27.8. The SMILES string of the molecule is Cc1ccccc1SCC(=O)O[C@H](C)C(=O)Nc1cccc(S(N)(=O)=O)c1. The number of hydrogen-bond donors (Lipinski definition) is 2. The first-order chi connectivity index (χ1) is 12.7. The lowest BCUT2D eigenvalue weighted by Gasteiger charge is -2.14. The molecule has 27 heavy (non-hydrogen) atoms. The fourth-order valence-electron chi connectivity index (χ4n) is 2.13. The standard InChI is InChI=1S/C18H20N2O5S2/c1-12-6-3-4-9-16(12)26-11-17(21)25-13(2)18(22)20-14-7-5-8-15(10-14)27(19,23)24/h3-10,13H,11H2,1-2H3,(H,20,22)(H2,19,23,24)/t13-/m1/s1. The lowest BCUT2D eigenvalue weighted by Crippen LogP contribution is -2.30. The van der Waals surface area contributed by atoms with E-state index in [0.29, 0.717) is 0 Å². The quantitative estimate of drug-likeness (QED) is 0.536. The van der Waals surface area contributed by atoms with Gasteiger partial charge in [-0.1, -0.05) is 24.3 Å². The van der Waals surface area contributed by atoms with Gasteiger partial charge < -0.3 is 10.1 Å². The number of amides is 1. The monoisotopic (exact) mass is 408 g/mol. The summed E-state index contributed by atoms with van der Waals surface area (Å²) >= 11 is 1.33. The molecule has 0 spiro atoms. The number of benzene rings is 2. The van der Waals surface area contributed by atoms with Crippen molar-refractivity contribution in [1.82, 2.24) is 0 Å². The van der Waals surface area contributed by atoms with Crippen molar-refractivity contribution < 1.29 is 22.7 Å². The van der Waals surface area contributed by atoms with Crippen molar-refractivity contribution >= 4 is 39.3 Å². The summed E-state index contributed by atoms with van der Waals surface area (Å²) in [5, 5.41) is 7.56. The highest BCUT2D eigenvalue weighted by molar-refractivity contribution is 8.00. The van der Waals surface area contributed by atoms with E-state index in [1.165, 1.54) is 43.0 Å². The summed E-state index contributed by atoms with van der Waals surface area (Å²) in [5.74, 6) is -1.02. The number of nitrogens with one attached hydrogen (secondary N) is 1. The Morgan fingerprint density at radius 1 is 1.19 bits per heavy atom. The van der Waals surface area contributed by atoms with Gasteiger partial charge in [0.25, 0.3) is 5.91 Å². The maximum absolute atomic E-state index is 12.2. The van der Waals surface area contributed by atoms with E-state index in [1.807, 2.05) is 31.2 Å². The molecule has 0 heterocycles. The second kappa shape index (κ2) is 9.03. The van der Waals surface area contributed by atoms with Crippen molar-refractivity contribution in [2.45, 2.75) is 29.7 Å². The number of primary sulfonamides is 1. The van der Waals surface area contributed by atoms with E-state index in [9.17, 15) is 18.0 Å². The lowest BCUT2D eigenvalue weighted by molar-refractivity contribution is -0.150. The van der Waals surface area contributed by atoms with Crippen LogP contribution < -0.4 is 10.5 Å². The van der Waals surface area contributed by atoms with Crippen LogP contribution >= 0.6 is 11.8 Å². The molecule has 2 rings (SSSR count). The van der Waals surface area contributed by atoms with Gasteiger partial charge in [0.05, 0.1) is 10.6 Å². The molecular weight excluding hydrogens is 388 g/mol. The molecule has 1 amide bonds. The maximum atomic E-state index is 12.2. The van der Waals surface area contributed by atoms with E-state index in [0.717, 1.165) is 10.5 Å². The van der Waals surface area contributed by atoms with Crippen LogP contribution in [0.4, 0.5) is 5.69 Å². The predicted octanol–water partition coefficient (Wildman–Crippen LogP) is 2.30. The smallest absolute Gasteiger partial charge is 0.317 e. The number of ether oxygens (including phenoxy) is 1. The molecule has 2 aromatic rings. The Morgan fingerprint density at radius 2 is 1.89 bits per heavy atom. The number of carbonyl (C=O) groups excluding carboxylic acids is 2. The fourth-order valence-corrected chi connectivity index (χ4v) is 3.51. The molecule has 0 bridgehead atoms. The van der Waals surface area contributed by atoms with Crippen molar-refractivity contribution in [2.75, 3.05) is 11.1 Å². The van der Waals surface area contributed by atoms with Crippen LogP contribution in [0.1, 0.15) is 12.5 Å². The lowest BCUT2D eigenvalue weighted by atomic mass is 10.2. The van der Waals surface area contributed by atoms with Gasteiger partial charge in [0, 0.05) is 10.6 Å². The highest BCUT2D eigenvalue weighted by atomic mass is 32.2. The van der Waals surface area contributed by atoms with Gasteiger partial charge in [-0.3, -0.25) is 9.59 Å². The Morgan fingerprint density at radius 3 is 2.56 bits per heavy atom. The molecule has 1 atom stereocenters. The van der Waals surface area contributed by atoms with Crippen LogP contribution in [-0.4, -0.2) is 32.2 Å². The van der Waals surface area contributed by atoms with Gasteiger partial charge >= 0.3 is 5.97 Å². The molecular formula is C18H20N2O5S2. The van der Waals surface area contributed by atoms with Crippen LogP contribution in [0.25, 0.3) is 0 Å². The van der Waals surface area contributed by atoms with Crippen LogP contribution in [0.2, 0.25) is 0 Å². The molecule has 0 saturated carbocycles. The summed E-state index contributed by atoms with van der Waals surface area (Å²) in [6, 6.07) is 13.1. The molecule has 7 nitrogen and oxygen atoms in total.